The van der Waals surface area contributed by atoms with Crippen molar-refractivity contribution in [3.63, 3.8) is 0 Å². The van der Waals surface area contributed by atoms with Gasteiger partial charge in [0.2, 0.25) is 0 Å². The van der Waals surface area contributed by atoms with Crippen molar-refractivity contribution >= 4 is 11.9 Å². The molecule has 0 amide bonds. The molecule has 0 radical (unpaired) electrons. The lowest BCUT2D eigenvalue weighted by atomic mass is 10.0. The van der Waals surface area contributed by atoms with Crippen molar-refractivity contribution in [2.24, 2.45) is 0 Å². The van der Waals surface area contributed by atoms with Crippen LogP contribution in [-0.4, -0.2) is 22.2 Å². The summed E-state index contributed by atoms with van der Waals surface area (Å²) in [5, 5.41) is 17.1. The molecule has 4 nitrogen and oxygen atoms in total. The van der Waals surface area contributed by atoms with Crippen molar-refractivity contribution in [2.45, 2.75) is 284 Å². The maximum atomic E-state index is 10.4. The van der Waals surface area contributed by atoms with Crippen LogP contribution in [0.3, 0.4) is 0 Å². The van der Waals surface area contributed by atoms with Gasteiger partial charge >= 0.3 is 11.9 Å². The summed E-state index contributed by atoms with van der Waals surface area (Å²) in [6, 6.07) is 0. The number of rotatable bonds is 42. The Kier molecular flexibility index (Phi) is 48.9. The molecule has 0 aliphatic rings. The zero-order valence-electron chi connectivity index (χ0n) is 34.4. The first-order chi connectivity index (χ1) is 24.5. The summed E-state index contributed by atoms with van der Waals surface area (Å²) in [5.74, 6) is -1.30. The Balaban J connectivity index is 0. The fraction of sp³-hybridized carbons (Fsp3) is 0.957. The first kappa shape index (κ1) is 51.0. The number of aliphatic carboxylic acids is 2. The summed E-state index contributed by atoms with van der Waals surface area (Å²) >= 11 is 0. The van der Waals surface area contributed by atoms with Crippen LogP contribution in [0.25, 0.3) is 0 Å². The van der Waals surface area contributed by atoms with Gasteiger partial charge in [0, 0.05) is 12.8 Å². The van der Waals surface area contributed by atoms with E-state index in [-0.39, 0.29) is 0 Å². The fourth-order valence-electron chi connectivity index (χ4n) is 7.06. The van der Waals surface area contributed by atoms with Gasteiger partial charge < -0.3 is 10.2 Å². The normalized spacial score (nSPS) is 11.1. The number of hydrogen-bond donors (Lipinski definition) is 2. The average Bonchev–Trinajstić information content (AvgIpc) is 3.10. The van der Waals surface area contributed by atoms with E-state index in [0.29, 0.717) is 12.8 Å². The largest absolute Gasteiger partial charge is 0.481 e. The maximum Gasteiger partial charge on any atom is 0.303 e. The van der Waals surface area contributed by atoms with Crippen LogP contribution in [0, 0.1) is 0 Å². The Labute approximate surface area is 314 Å². The second kappa shape index (κ2) is 47.9. The van der Waals surface area contributed by atoms with Crippen molar-refractivity contribution in [3.8, 4) is 0 Å². The van der Waals surface area contributed by atoms with E-state index in [1.807, 2.05) is 0 Å². The van der Waals surface area contributed by atoms with Gasteiger partial charge in [-0.3, -0.25) is 9.59 Å². The van der Waals surface area contributed by atoms with Crippen LogP contribution in [0.5, 0.6) is 0 Å². The van der Waals surface area contributed by atoms with Crippen LogP contribution in [0.4, 0.5) is 0 Å². The first-order valence-electron chi connectivity index (χ1n) is 23.0. The van der Waals surface area contributed by atoms with Crippen LogP contribution in [0.1, 0.15) is 284 Å². The van der Waals surface area contributed by atoms with E-state index >= 15 is 0 Å². The molecule has 0 heterocycles. The van der Waals surface area contributed by atoms with E-state index in [1.54, 1.807) is 0 Å². The maximum absolute atomic E-state index is 10.4. The van der Waals surface area contributed by atoms with Gasteiger partial charge in [0.05, 0.1) is 0 Å². The number of hydrogen-bond acceptors (Lipinski definition) is 2. The molecule has 0 fully saturated rings. The highest BCUT2D eigenvalue weighted by Crippen LogP contribution is 2.17. The molecule has 0 aromatic rings. The van der Waals surface area contributed by atoms with Gasteiger partial charge in [-0.15, -0.1) is 0 Å². The minimum Gasteiger partial charge on any atom is -0.481 e. The molecule has 0 unspecified atom stereocenters. The standard InChI is InChI=1S/2C23H46O2/c2*1-2-3-4-5-6-7-8-9-10-11-12-13-14-15-16-17-18-19-20-21-22-23(24)25/h2*2-22H2,1H3,(H,24,25). The molecule has 0 aliphatic heterocycles. The number of unbranched alkanes of at least 4 members (excludes halogenated alkanes) is 38. The molecule has 4 heteroatoms. The molecule has 0 aromatic heterocycles. The highest BCUT2D eigenvalue weighted by molar-refractivity contribution is 5.66. The summed E-state index contributed by atoms with van der Waals surface area (Å²) in [7, 11) is 0. The van der Waals surface area contributed by atoms with Crippen LogP contribution in [0.15, 0.2) is 0 Å². The van der Waals surface area contributed by atoms with Crippen LogP contribution in [0.2, 0.25) is 0 Å². The predicted octanol–water partition coefficient (Wildman–Crippen LogP) is 16.6. The molecule has 0 spiro atoms. The van der Waals surface area contributed by atoms with Gasteiger partial charge in [0.25, 0.3) is 0 Å². The highest BCUT2D eigenvalue weighted by atomic mass is 16.4. The molecule has 0 aromatic carbocycles. The van der Waals surface area contributed by atoms with Gasteiger partial charge in [-0.1, -0.05) is 258 Å². The fourth-order valence-corrected chi connectivity index (χ4v) is 7.06. The lowest BCUT2D eigenvalue weighted by Gasteiger charge is -2.04. The van der Waals surface area contributed by atoms with Crippen molar-refractivity contribution in [3.05, 3.63) is 0 Å². The van der Waals surface area contributed by atoms with Crippen molar-refractivity contribution < 1.29 is 19.8 Å². The summed E-state index contributed by atoms with van der Waals surface area (Å²) in [4.78, 5) is 20.8. The first-order valence-corrected chi connectivity index (χ1v) is 23.0. The zero-order chi connectivity index (χ0) is 36.9. The van der Waals surface area contributed by atoms with Gasteiger partial charge in [0.1, 0.15) is 0 Å². The number of carboxylic acid groups (broad SMARTS) is 2. The van der Waals surface area contributed by atoms with Gasteiger partial charge in [-0.05, 0) is 12.8 Å². The van der Waals surface area contributed by atoms with Crippen molar-refractivity contribution in [1.82, 2.24) is 0 Å². The second-order valence-corrected chi connectivity index (χ2v) is 15.7. The quantitative estimate of drug-likeness (QED) is 0.0619. The minimum absolute atomic E-state index is 0.346. The van der Waals surface area contributed by atoms with Crippen LogP contribution < -0.4 is 0 Å². The molecule has 2 N–H and O–H groups in total. The average molecular weight is 709 g/mol. The molecular formula is C46H92O4. The Bertz CT molecular complexity index is 580. The minimum atomic E-state index is -0.651. The van der Waals surface area contributed by atoms with E-state index in [4.69, 9.17) is 10.2 Å². The van der Waals surface area contributed by atoms with E-state index < -0.39 is 11.9 Å². The molecule has 0 saturated heterocycles. The summed E-state index contributed by atoms with van der Waals surface area (Å²) in [5.41, 5.74) is 0. The smallest absolute Gasteiger partial charge is 0.303 e. The topological polar surface area (TPSA) is 74.6 Å². The van der Waals surface area contributed by atoms with Crippen molar-refractivity contribution in [1.29, 1.82) is 0 Å². The number of carboxylic acids is 2. The number of carbonyl (C=O) groups is 2. The molecule has 0 rings (SSSR count). The monoisotopic (exact) mass is 709 g/mol. The Hall–Kier alpha value is -1.06. The van der Waals surface area contributed by atoms with Crippen molar-refractivity contribution in [2.75, 3.05) is 0 Å². The van der Waals surface area contributed by atoms with Gasteiger partial charge in [0.15, 0.2) is 0 Å². The summed E-state index contributed by atoms with van der Waals surface area (Å²) < 4.78 is 0. The molecule has 50 heavy (non-hydrogen) atoms. The van der Waals surface area contributed by atoms with Crippen LogP contribution in [-0.2, 0) is 9.59 Å². The van der Waals surface area contributed by atoms with E-state index in [2.05, 4.69) is 13.8 Å². The summed E-state index contributed by atoms with van der Waals surface area (Å²) in [6.07, 6.45) is 55.2. The Morgan fingerprint density at radius 1 is 0.240 bits per heavy atom. The third-order valence-electron chi connectivity index (χ3n) is 10.5. The molecule has 0 saturated carbocycles. The Morgan fingerprint density at radius 2 is 0.360 bits per heavy atom. The Morgan fingerprint density at radius 3 is 0.480 bits per heavy atom. The molecule has 0 atom stereocenters. The third-order valence-corrected chi connectivity index (χ3v) is 10.5. The van der Waals surface area contributed by atoms with E-state index in [0.717, 1.165) is 25.7 Å². The SMILES string of the molecule is CCCCCCCCCCCCCCCCCCCCCCC(=O)O.CCCCCCCCCCCCCCCCCCCCCCC(=O)O. The van der Waals surface area contributed by atoms with Gasteiger partial charge in [-0.2, -0.15) is 0 Å². The molecular weight excluding hydrogens is 617 g/mol. The zero-order valence-corrected chi connectivity index (χ0v) is 34.4. The van der Waals surface area contributed by atoms with E-state index in [1.165, 1.54) is 231 Å². The van der Waals surface area contributed by atoms with Crippen LogP contribution >= 0.6 is 0 Å². The lowest BCUT2D eigenvalue weighted by molar-refractivity contribution is -0.138. The molecule has 0 aliphatic carbocycles. The lowest BCUT2D eigenvalue weighted by Crippen LogP contribution is -1.93. The van der Waals surface area contributed by atoms with E-state index in [9.17, 15) is 9.59 Å². The van der Waals surface area contributed by atoms with Gasteiger partial charge in [-0.25, -0.2) is 0 Å². The third kappa shape index (κ3) is 53.7. The summed E-state index contributed by atoms with van der Waals surface area (Å²) in [6.45, 7) is 4.57. The molecule has 300 valence electrons. The molecule has 0 bridgehead atoms. The second-order valence-electron chi connectivity index (χ2n) is 15.7. The highest BCUT2D eigenvalue weighted by Gasteiger charge is 1.99. The predicted molar refractivity (Wildman–Crippen MR) is 221 cm³/mol.